The molecule has 1 amide bonds. The Morgan fingerprint density at radius 2 is 2.00 bits per heavy atom. The number of carbonyl (C=O) groups excluding carboxylic acids is 2. The number of hydrogen-bond donors (Lipinski definition) is 1. The van der Waals surface area contributed by atoms with Gasteiger partial charge in [-0.15, -0.1) is 0 Å². The predicted molar refractivity (Wildman–Crippen MR) is 56.5 cm³/mol. The summed E-state index contributed by atoms with van der Waals surface area (Å²) in [6.07, 6.45) is 2.10. The van der Waals surface area contributed by atoms with Crippen LogP contribution in [-0.4, -0.2) is 25.0 Å². The Bertz CT molecular complexity index is 250. The molecule has 0 aromatic heterocycles. The number of amides is 1. The average molecular weight is 213 g/mol. The molecule has 1 saturated carbocycles. The smallest absolute Gasteiger partial charge is 0.407 e. The van der Waals surface area contributed by atoms with Crippen molar-refractivity contribution in [3.8, 4) is 0 Å². The first-order valence-electron chi connectivity index (χ1n) is 5.42. The molecule has 0 spiro atoms. The Balaban J connectivity index is 2.39. The van der Waals surface area contributed by atoms with Crippen LogP contribution < -0.4 is 5.32 Å². The summed E-state index contributed by atoms with van der Waals surface area (Å²) < 4.78 is 4.52. The van der Waals surface area contributed by atoms with Crippen LogP contribution in [0.3, 0.4) is 0 Å². The van der Waals surface area contributed by atoms with Gasteiger partial charge in [0.05, 0.1) is 7.11 Å². The van der Waals surface area contributed by atoms with Gasteiger partial charge in [-0.25, -0.2) is 4.79 Å². The zero-order chi connectivity index (χ0) is 11.4. The molecule has 1 N–H and O–H groups in total. The van der Waals surface area contributed by atoms with Crippen LogP contribution in [-0.2, 0) is 9.53 Å². The van der Waals surface area contributed by atoms with Gasteiger partial charge in [-0.2, -0.15) is 0 Å². The van der Waals surface area contributed by atoms with Crippen LogP contribution in [0.25, 0.3) is 0 Å². The Morgan fingerprint density at radius 1 is 1.33 bits per heavy atom. The van der Waals surface area contributed by atoms with Gasteiger partial charge in [-0.3, -0.25) is 4.79 Å². The number of hydrogen-bond acceptors (Lipinski definition) is 3. The highest BCUT2D eigenvalue weighted by atomic mass is 16.5. The van der Waals surface area contributed by atoms with Gasteiger partial charge < -0.3 is 10.1 Å². The van der Waals surface area contributed by atoms with Crippen molar-refractivity contribution < 1.29 is 14.3 Å². The Morgan fingerprint density at radius 3 is 2.53 bits per heavy atom. The van der Waals surface area contributed by atoms with Crippen LogP contribution in [0.15, 0.2) is 0 Å². The Labute approximate surface area is 90.4 Å². The van der Waals surface area contributed by atoms with Crippen LogP contribution in [0, 0.1) is 11.8 Å². The molecular formula is C11H19NO3. The molecule has 2 atom stereocenters. The number of rotatable bonds is 3. The lowest BCUT2D eigenvalue weighted by molar-refractivity contribution is -0.125. The molecule has 0 saturated heterocycles. The van der Waals surface area contributed by atoms with Crippen LogP contribution in [0.2, 0.25) is 0 Å². The number of carbonyl (C=O) groups is 2. The highest BCUT2D eigenvalue weighted by molar-refractivity contribution is 5.83. The fraction of sp³-hybridized carbons (Fsp3) is 0.818. The minimum Gasteiger partial charge on any atom is -0.453 e. The van der Waals surface area contributed by atoms with Crippen LogP contribution in [0.1, 0.15) is 33.1 Å². The first-order chi connectivity index (χ1) is 7.04. The lowest BCUT2D eigenvalue weighted by Gasteiger charge is -2.13. The Hall–Kier alpha value is -1.06. The monoisotopic (exact) mass is 213 g/mol. The van der Waals surface area contributed by atoms with Crippen molar-refractivity contribution in [3.63, 3.8) is 0 Å². The molecule has 4 nitrogen and oxygen atoms in total. The largest absolute Gasteiger partial charge is 0.453 e. The molecule has 1 aliphatic rings. The normalized spacial score (nSPS) is 25.3. The summed E-state index contributed by atoms with van der Waals surface area (Å²) in [4.78, 5) is 22.7. The van der Waals surface area contributed by atoms with Gasteiger partial charge >= 0.3 is 6.09 Å². The van der Waals surface area contributed by atoms with E-state index in [4.69, 9.17) is 0 Å². The van der Waals surface area contributed by atoms with E-state index in [-0.39, 0.29) is 17.9 Å². The summed E-state index contributed by atoms with van der Waals surface area (Å²) in [5.74, 6) is 0.517. The van der Waals surface area contributed by atoms with Gasteiger partial charge in [-0.05, 0) is 19.3 Å². The molecule has 1 fully saturated rings. The molecule has 2 unspecified atom stereocenters. The molecule has 4 heteroatoms. The molecular weight excluding hydrogens is 194 g/mol. The summed E-state index contributed by atoms with van der Waals surface area (Å²) in [6.45, 7) is 3.84. The third kappa shape index (κ3) is 3.22. The van der Waals surface area contributed by atoms with Gasteiger partial charge in [0.15, 0.2) is 0 Å². The lowest BCUT2D eigenvalue weighted by atomic mass is 9.94. The highest BCUT2D eigenvalue weighted by Crippen LogP contribution is 2.28. The molecule has 86 valence electrons. The van der Waals surface area contributed by atoms with Crippen molar-refractivity contribution in [2.75, 3.05) is 7.11 Å². The van der Waals surface area contributed by atoms with E-state index < -0.39 is 6.09 Å². The maximum atomic E-state index is 11.7. The zero-order valence-corrected chi connectivity index (χ0v) is 9.58. The molecule has 1 aliphatic carbocycles. The fourth-order valence-corrected chi connectivity index (χ4v) is 2.07. The molecule has 0 aromatic carbocycles. The number of ether oxygens (including phenoxy) is 1. The summed E-state index contributed by atoms with van der Waals surface area (Å²) in [5, 5.41) is 2.74. The summed E-state index contributed by atoms with van der Waals surface area (Å²) >= 11 is 0. The molecule has 0 aromatic rings. The third-order valence-corrected chi connectivity index (χ3v) is 2.91. The van der Waals surface area contributed by atoms with Crippen LogP contribution in [0.5, 0.6) is 0 Å². The maximum Gasteiger partial charge on any atom is 0.407 e. The van der Waals surface area contributed by atoms with Crippen molar-refractivity contribution >= 4 is 11.9 Å². The van der Waals surface area contributed by atoms with Crippen molar-refractivity contribution in [1.82, 2.24) is 5.32 Å². The van der Waals surface area contributed by atoms with Crippen molar-refractivity contribution in [2.24, 2.45) is 11.8 Å². The lowest BCUT2D eigenvalue weighted by Crippen LogP contribution is -2.33. The zero-order valence-electron chi connectivity index (χ0n) is 9.58. The van der Waals surface area contributed by atoms with E-state index in [0.29, 0.717) is 5.78 Å². The third-order valence-electron chi connectivity index (χ3n) is 2.91. The van der Waals surface area contributed by atoms with Crippen molar-refractivity contribution in [1.29, 1.82) is 0 Å². The van der Waals surface area contributed by atoms with Gasteiger partial charge in [0.2, 0.25) is 0 Å². The molecule has 0 radical (unpaired) electrons. The van der Waals surface area contributed by atoms with E-state index >= 15 is 0 Å². The van der Waals surface area contributed by atoms with Gasteiger partial charge in [-0.1, -0.05) is 13.8 Å². The van der Waals surface area contributed by atoms with Gasteiger partial charge in [0.1, 0.15) is 5.78 Å². The summed E-state index contributed by atoms with van der Waals surface area (Å²) in [5.41, 5.74) is 0. The minimum absolute atomic E-state index is 0.0897. The number of ketones is 1. The van der Waals surface area contributed by atoms with E-state index in [1.807, 2.05) is 13.8 Å². The van der Waals surface area contributed by atoms with E-state index in [1.165, 1.54) is 7.11 Å². The SMILES string of the molecule is COC(=O)NC1CCC(C(=O)C(C)C)C1. The van der Waals surface area contributed by atoms with Crippen molar-refractivity contribution in [2.45, 2.75) is 39.2 Å². The number of methoxy groups -OCH3 is 1. The summed E-state index contributed by atoms with van der Waals surface area (Å²) in [6, 6.07) is 0.102. The second-order valence-electron chi connectivity index (χ2n) is 4.40. The first-order valence-corrected chi connectivity index (χ1v) is 5.42. The molecule has 0 aliphatic heterocycles. The van der Waals surface area contributed by atoms with Crippen LogP contribution in [0.4, 0.5) is 4.79 Å². The standard InChI is InChI=1S/C11H19NO3/c1-7(2)10(13)8-4-5-9(6-8)12-11(14)15-3/h7-9H,4-6H2,1-3H3,(H,12,14). The summed E-state index contributed by atoms with van der Waals surface area (Å²) in [7, 11) is 1.35. The highest BCUT2D eigenvalue weighted by Gasteiger charge is 2.31. The van der Waals surface area contributed by atoms with Crippen molar-refractivity contribution in [3.05, 3.63) is 0 Å². The fourth-order valence-electron chi connectivity index (χ4n) is 2.07. The molecule has 15 heavy (non-hydrogen) atoms. The van der Waals surface area contributed by atoms with Crippen LogP contribution >= 0.6 is 0 Å². The predicted octanol–water partition coefficient (Wildman–Crippen LogP) is 1.74. The van der Waals surface area contributed by atoms with E-state index in [9.17, 15) is 9.59 Å². The average Bonchev–Trinajstić information content (AvgIpc) is 2.64. The quantitative estimate of drug-likeness (QED) is 0.776. The molecule has 1 rings (SSSR count). The molecule has 0 heterocycles. The van der Waals surface area contributed by atoms with E-state index in [2.05, 4.69) is 10.1 Å². The number of nitrogens with one attached hydrogen (secondary N) is 1. The molecule has 0 bridgehead atoms. The first kappa shape index (κ1) is 12.0. The second kappa shape index (κ2) is 5.14. The van der Waals surface area contributed by atoms with E-state index in [1.54, 1.807) is 0 Å². The topological polar surface area (TPSA) is 55.4 Å². The second-order valence-corrected chi connectivity index (χ2v) is 4.40. The maximum absolute atomic E-state index is 11.7. The van der Waals surface area contributed by atoms with Gasteiger partial charge in [0, 0.05) is 17.9 Å². The minimum atomic E-state index is -0.405. The Kier molecular flexibility index (Phi) is 4.12. The van der Waals surface area contributed by atoms with E-state index in [0.717, 1.165) is 19.3 Å². The van der Waals surface area contributed by atoms with Gasteiger partial charge in [0.25, 0.3) is 0 Å². The number of Topliss-reactive ketones (excluding diaryl/α,β-unsaturated/α-hetero) is 1. The number of alkyl carbamates (subject to hydrolysis) is 1.